The minimum absolute atomic E-state index is 0.250. The summed E-state index contributed by atoms with van der Waals surface area (Å²) in [5.41, 5.74) is 1.29. The van der Waals surface area contributed by atoms with Crippen molar-refractivity contribution in [2.24, 2.45) is 0 Å². The Bertz CT molecular complexity index is 648. The normalized spacial score (nSPS) is 9.60. The number of nitrogens with one attached hydrogen (secondary N) is 1. The zero-order chi connectivity index (χ0) is 14.4. The van der Waals surface area contributed by atoms with Gasteiger partial charge in [0.15, 0.2) is 0 Å². The van der Waals surface area contributed by atoms with E-state index in [4.69, 9.17) is 10.00 Å². The van der Waals surface area contributed by atoms with Crippen LogP contribution in [0.5, 0.6) is 5.88 Å². The number of aromatic nitrogens is 1. The first-order valence-electron chi connectivity index (χ1n) is 6.14. The van der Waals surface area contributed by atoms with Crippen LogP contribution in [-0.4, -0.2) is 17.5 Å². The van der Waals surface area contributed by atoms with Gasteiger partial charge in [0.05, 0.1) is 18.5 Å². The third-order valence-corrected chi connectivity index (χ3v) is 2.55. The van der Waals surface area contributed by atoms with E-state index in [0.717, 1.165) is 0 Å². The predicted molar refractivity (Wildman–Crippen MR) is 74.5 cm³/mol. The molecular weight excluding hydrogens is 254 g/mol. The summed E-state index contributed by atoms with van der Waals surface area (Å²) in [6, 6.07) is 12.4. The van der Waals surface area contributed by atoms with Gasteiger partial charge in [-0.3, -0.25) is 4.79 Å². The molecule has 0 fully saturated rings. The van der Waals surface area contributed by atoms with E-state index in [1.54, 1.807) is 30.3 Å². The van der Waals surface area contributed by atoms with Crippen molar-refractivity contribution in [2.45, 2.75) is 6.92 Å². The molecule has 2 rings (SSSR count). The summed E-state index contributed by atoms with van der Waals surface area (Å²) in [5.74, 6) is 0.0214. The van der Waals surface area contributed by atoms with Gasteiger partial charge in [-0.15, -0.1) is 0 Å². The van der Waals surface area contributed by atoms with Gasteiger partial charge in [0, 0.05) is 5.56 Å². The quantitative estimate of drug-likeness (QED) is 0.923. The molecule has 1 amide bonds. The average Bonchev–Trinajstić information content (AvgIpc) is 2.50. The third kappa shape index (κ3) is 3.12. The van der Waals surface area contributed by atoms with Crippen LogP contribution >= 0.6 is 0 Å². The largest absolute Gasteiger partial charge is 0.477 e. The minimum atomic E-state index is -0.250. The van der Waals surface area contributed by atoms with E-state index in [1.807, 2.05) is 19.1 Å². The molecule has 0 spiro atoms. The van der Waals surface area contributed by atoms with Crippen LogP contribution in [0.4, 0.5) is 5.69 Å². The Morgan fingerprint density at radius 2 is 2.15 bits per heavy atom. The van der Waals surface area contributed by atoms with Gasteiger partial charge in [0.2, 0.25) is 5.88 Å². The van der Waals surface area contributed by atoms with Gasteiger partial charge >= 0.3 is 0 Å². The van der Waals surface area contributed by atoms with Crippen LogP contribution in [0.25, 0.3) is 0 Å². The summed E-state index contributed by atoms with van der Waals surface area (Å²) >= 11 is 0. The molecule has 0 saturated heterocycles. The Morgan fingerprint density at radius 1 is 1.40 bits per heavy atom. The summed E-state index contributed by atoms with van der Waals surface area (Å²) in [6.45, 7) is 2.24. The van der Waals surface area contributed by atoms with E-state index < -0.39 is 0 Å². The number of carbonyl (C=O) groups excluding carboxylic acids is 1. The number of amides is 1. The molecule has 0 aliphatic rings. The number of rotatable bonds is 4. The van der Waals surface area contributed by atoms with Crippen molar-refractivity contribution in [3.05, 3.63) is 53.7 Å². The number of nitrogens with zero attached hydrogens (tertiary/aromatic N) is 2. The van der Waals surface area contributed by atoms with Crippen molar-refractivity contribution in [2.75, 3.05) is 11.9 Å². The van der Waals surface area contributed by atoms with Crippen molar-refractivity contribution < 1.29 is 9.53 Å². The van der Waals surface area contributed by atoms with Crippen molar-refractivity contribution in [3.63, 3.8) is 0 Å². The fraction of sp³-hybridized carbons (Fsp3) is 0.133. The van der Waals surface area contributed by atoms with Gasteiger partial charge in [0.1, 0.15) is 11.6 Å². The molecule has 0 aliphatic carbocycles. The second kappa shape index (κ2) is 6.34. The zero-order valence-corrected chi connectivity index (χ0v) is 11.0. The molecule has 100 valence electrons. The Balaban J connectivity index is 2.18. The Morgan fingerprint density at radius 3 is 2.80 bits per heavy atom. The number of anilines is 1. The molecule has 1 aromatic carbocycles. The number of nitriles is 1. The van der Waals surface area contributed by atoms with E-state index in [-0.39, 0.29) is 17.4 Å². The molecule has 20 heavy (non-hydrogen) atoms. The maximum absolute atomic E-state index is 12.0. The van der Waals surface area contributed by atoms with Crippen LogP contribution in [0.3, 0.4) is 0 Å². The highest BCUT2D eigenvalue weighted by Gasteiger charge is 2.09. The fourth-order valence-electron chi connectivity index (χ4n) is 1.65. The second-order valence-corrected chi connectivity index (χ2v) is 3.94. The highest BCUT2D eigenvalue weighted by molar-refractivity contribution is 6.04. The zero-order valence-electron chi connectivity index (χ0n) is 11.0. The van der Waals surface area contributed by atoms with Crippen LogP contribution in [0, 0.1) is 11.3 Å². The maximum Gasteiger partial charge on any atom is 0.255 e. The molecule has 0 bridgehead atoms. The lowest BCUT2D eigenvalue weighted by molar-refractivity contribution is 0.102. The molecule has 1 heterocycles. The van der Waals surface area contributed by atoms with E-state index in [2.05, 4.69) is 10.3 Å². The van der Waals surface area contributed by atoms with Gasteiger partial charge in [-0.25, -0.2) is 4.98 Å². The molecule has 0 radical (unpaired) electrons. The number of hydrogen-bond acceptors (Lipinski definition) is 4. The van der Waals surface area contributed by atoms with Gasteiger partial charge in [0.25, 0.3) is 5.91 Å². The smallest absolute Gasteiger partial charge is 0.255 e. The van der Waals surface area contributed by atoms with E-state index in [9.17, 15) is 4.79 Å². The summed E-state index contributed by atoms with van der Waals surface area (Å²) in [6.07, 6.45) is 1.46. The van der Waals surface area contributed by atoms with Gasteiger partial charge in [-0.1, -0.05) is 18.2 Å². The third-order valence-electron chi connectivity index (χ3n) is 2.55. The highest BCUT2D eigenvalue weighted by Crippen LogP contribution is 2.19. The van der Waals surface area contributed by atoms with E-state index in [1.165, 1.54) is 6.20 Å². The van der Waals surface area contributed by atoms with Gasteiger partial charge in [-0.2, -0.15) is 5.26 Å². The number of hydrogen-bond donors (Lipinski definition) is 1. The molecule has 5 nitrogen and oxygen atoms in total. The average molecular weight is 267 g/mol. The SMILES string of the molecule is CCOc1ncc(NC(=O)c2ccccc2)cc1C#N. The lowest BCUT2D eigenvalue weighted by atomic mass is 10.2. The summed E-state index contributed by atoms with van der Waals surface area (Å²) in [7, 11) is 0. The van der Waals surface area contributed by atoms with Gasteiger partial charge < -0.3 is 10.1 Å². The number of pyridine rings is 1. The number of ether oxygens (including phenoxy) is 1. The van der Waals surface area contributed by atoms with E-state index >= 15 is 0 Å². The van der Waals surface area contributed by atoms with Crippen molar-refractivity contribution in [3.8, 4) is 11.9 Å². The summed E-state index contributed by atoms with van der Waals surface area (Å²) in [5, 5.41) is 11.7. The fourth-order valence-corrected chi connectivity index (χ4v) is 1.65. The molecule has 1 N–H and O–H groups in total. The Labute approximate surface area is 116 Å². The number of benzene rings is 1. The summed E-state index contributed by atoms with van der Waals surface area (Å²) in [4.78, 5) is 16.0. The summed E-state index contributed by atoms with van der Waals surface area (Å²) < 4.78 is 5.23. The standard InChI is InChI=1S/C15H13N3O2/c1-2-20-15-12(9-16)8-13(10-17-15)18-14(19)11-6-4-3-5-7-11/h3-8,10H,2H2,1H3,(H,18,19). The number of carbonyl (C=O) groups is 1. The second-order valence-electron chi connectivity index (χ2n) is 3.94. The van der Waals surface area contributed by atoms with Crippen LogP contribution < -0.4 is 10.1 Å². The first-order valence-corrected chi connectivity index (χ1v) is 6.14. The molecule has 0 atom stereocenters. The lowest BCUT2D eigenvalue weighted by Gasteiger charge is -2.08. The highest BCUT2D eigenvalue weighted by atomic mass is 16.5. The lowest BCUT2D eigenvalue weighted by Crippen LogP contribution is -2.12. The Hall–Kier alpha value is -2.87. The van der Waals surface area contributed by atoms with Crippen LogP contribution in [0.1, 0.15) is 22.8 Å². The van der Waals surface area contributed by atoms with Crippen LogP contribution in [0.2, 0.25) is 0 Å². The van der Waals surface area contributed by atoms with Gasteiger partial charge in [-0.05, 0) is 25.1 Å². The maximum atomic E-state index is 12.0. The minimum Gasteiger partial charge on any atom is -0.477 e. The van der Waals surface area contributed by atoms with Crippen molar-refractivity contribution >= 4 is 11.6 Å². The first-order chi connectivity index (χ1) is 9.74. The van der Waals surface area contributed by atoms with Crippen molar-refractivity contribution in [1.29, 1.82) is 5.26 Å². The molecule has 0 unspecified atom stereocenters. The Kier molecular flexibility index (Phi) is 4.30. The van der Waals surface area contributed by atoms with Crippen LogP contribution in [-0.2, 0) is 0 Å². The first kappa shape index (κ1) is 13.6. The van der Waals surface area contributed by atoms with Crippen molar-refractivity contribution in [1.82, 2.24) is 4.98 Å². The molecule has 5 heteroatoms. The predicted octanol–water partition coefficient (Wildman–Crippen LogP) is 2.60. The molecule has 1 aromatic heterocycles. The molecular formula is C15H13N3O2. The monoisotopic (exact) mass is 267 g/mol. The molecule has 0 saturated carbocycles. The van der Waals surface area contributed by atoms with Crippen LogP contribution in [0.15, 0.2) is 42.6 Å². The topological polar surface area (TPSA) is 75.0 Å². The molecule has 0 aliphatic heterocycles. The molecule has 2 aromatic rings. The van der Waals surface area contributed by atoms with E-state index in [0.29, 0.717) is 17.9 Å².